The molecule has 2 heteroatoms. The molecule has 1 rings (SSSR count). The Morgan fingerprint density at radius 3 is 2.88 bits per heavy atom. The van der Waals surface area contributed by atoms with E-state index >= 15 is 0 Å². The van der Waals surface area contributed by atoms with E-state index in [4.69, 9.17) is 4.74 Å². The number of hydrogen-bond donors (Lipinski definition) is 0. The molecule has 0 unspecified atom stereocenters. The Morgan fingerprint density at radius 1 is 1.62 bits per heavy atom. The van der Waals surface area contributed by atoms with Crippen LogP contribution in [0.5, 0.6) is 5.75 Å². The highest BCUT2D eigenvalue weighted by Crippen LogP contribution is 2.02. The third kappa shape index (κ3) is 1.17. The van der Waals surface area contributed by atoms with Crippen LogP contribution in [0.1, 0.15) is 0 Å². The van der Waals surface area contributed by atoms with Gasteiger partial charge in [0, 0.05) is 9.12 Å². The average molecular weight is 124 g/mol. The van der Waals surface area contributed by atoms with E-state index < -0.39 is 0 Å². The average Bonchev–Trinajstić information content (AvgIpc) is 1.90. The van der Waals surface area contributed by atoms with E-state index in [-0.39, 0.29) is 0 Å². The number of ether oxygens (including phenoxy) is 1. The molecule has 1 heterocycles. The first-order chi connectivity index (χ1) is 3.93. The lowest BCUT2D eigenvalue weighted by atomic mass is 10.5. The van der Waals surface area contributed by atoms with Gasteiger partial charge in [-0.1, -0.05) is 11.7 Å². The lowest BCUT2D eigenvalue weighted by Crippen LogP contribution is -1.81. The van der Waals surface area contributed by atoms with Crippen molar-refractivity contribution in [2.75, 3.05) is 7.11 Å². The molecule has 0 saturated heterocycles. The van der Waals surface area contributed by atoms with E-state index in [9.17, 15) is 0 Å². The van der Waals surface area contributed by atoms with Gasteiger partial charge >= 0.3 is 0 Å². The molecule has 0 amide bonds. The summed E-state index contributed by atoms with van der Waals surface area (Å²) in [6.07, 6.45) is 0. The van der Waals surface area contributed by atoms with Crippen molar-refractivity contribution in [3.8, 4) is 5.75 Å². The zero-order valence-electron chi connectivity index (χ0n) is 4.79. The van der Waals surface area contributed by atoms with Gasteiger partial charge in [-0.3, -0.25) is 0 Å². The molecule has 0 aliphatic rings. The van der Waals surface area contributed by atoms with Crippen molar-refractivity contribution in [2.24, 2.45) is 0 Å². The number of rotatable bonds is 1. The molecule has 0 spiro atoms. The minimum absolute atomic E-state index is 0.371. The predicted molar refractivity (Wildman–Crippen MR) is 35.7 cm³/mol. The molecule has 8 heavy (non-hydrogen) atoms. The molecule has 0 saturated carbocycles. The maximum Gasteiger partial charge on any atom is 0.114 e. The van der Waals surface area contributed by atoms with Crippen LogP contribution in [0.25, 0.3) is 0 Å². The van der Waals surface area contributed by atoms with Crippen molar-refractivity contribution in [3.05, 3.63) is 23.5 Å². The van der Waals surface area contributed by atoms with Crippen LogP contribution in [0, 0.1) is 0 Å². The van der Waals surface area contributed by atoms with Gasteiger partial charge in [-0.25, -0.2) is 0 Å². The Hall–Kier alpha value is -0.633. The summed E-state index contributed by atoms with van der Waals surface area (Å²) in [6, 6.07) is 4.00. The molecule has 1 nitrogen and oxygen atoms in total. The third-order valence-electron chi connectivity index (χ3n) is 0.979. The van der Waals surface area contributed by atoms with Crippen molar-refractivity contribution in [1.29, 1.82) is 0 Å². The highest BCUT2D eigenvalue weighted by molar-refractivity contribution is 6.27. The van der Waals surface area contributed by atoms with Gasteiger partial charge in [0.25, 0.3) is 0 Å². The van der Waals surface area contributed by atoms with Crippen molar-refractivity contribution in [3.63, 3.8) is 0 Å². The summed E-state index contributed by atoms with van der Waals surface area (Å²) < 4.78 is 4.97. The molecule has 0 aromatic carbocycles. The van der Waals surface area contributed by atoms with Crippen molar-refractivity contribution >= 4 is 9.12 Å². The van der Waals surface area contributed by atoms with E-state index in [1.54, 1.807) is 7.11 Å². The first kappa shape index (κ1) is 5.50. The first-order valence-electron chi connectivity index (χ1n) is 2.52. The zero-order valence-corrected chi connectivity index (χ0v) is 5.95. The van der Waals surface area contributed by atoms with Gasteiger partial charge in [-0.15, -0.1) is 0 Å². The summed E-state index contributed by atoms with van der Waals surface area (Å²) in [5.74, 6) is 1.00. The Balaban J connectivity index is 2.83. The summed E-state index contributed by atoms with van der Waals surface area (Å²) in [4.78, 5) is 0. The monoisotopic (exact) mass is 124 g/mol. The van der Waals surface area contributed by atoms with Crippen LogP contribution in [0.3, 0.4) is 0 Å². The molecule has 0 bridgehead atoms. The van der Waals surface area contributed by atoms with Crippen molar-refractivity contribution in [1.82, 2.24) is 0 Å². The number of methoxy groups -OCH3 is 1. The molecule has 0 fully saturated rings. The standard InChI is InChI=1S/C6H8OSi/c1-7-6-3-2-4-8-5-6/h2-5,8H,1H3. The first-order valence-corrected chi connectivity index (χ1v) is 3.86. The van der Waals surface area contributed by atoms with Crippen LogP contribution < -0.4 is 4.74 Å². The Kier molecular flexibility index (Phi) is 1.80. The smallest absolute Gasteiger partial charge is 0.114 e. The molecule has 0 N–H and O–H groups in total. The molecular formula is C6H8OSi. The molecule has 1 aromatic rings. The summed E-state index contributed by atoms with van der Waals surface area (Å²) in [7, 11) is 2.07. The Labute approximate surface area is 51.0 Å². The summed E-state index contributed by atoms with van der Waals surface area (Å²) in [5, 5.41) is 0. The van der Waals surface area contributed by atoms with Gasteiger partial charge in [0.1, 0.15) is 5.75 Å². The molecule has 0 atom stereocenters. The second kappa shape index (κ2) is 2.62. The highest BCUT2D eigenvalue weighted by atomic mass is 28.2. The van der Waals surface area contributed by atoms with Gasteiger partial charge in [-0.2, -0.15) is 0 Å². The summed E-state index contributed by atoms with van der Waals surface area (Å²) >= 11 is 0. The van der Waals surface area contributed by atoms with E-state index in [1.165, 1.54) is 0 Å². The molecule has 42 valence electrons. The van der Waals surface area contributed by atoms with Gasteiger partial charge < -0.3 is 4.74 Å². The second-order valence-corrected chi connectivity index (χ2v) is 2.62. The molecule has 0 aliphatic heterocycles. The van der Waals surface area contributed by atoms with Gasteiger partial charge in [0.15, 0.2) is 0 Å². The minimum Gasteiger partial charge on any atom is -0.497 e. The zero-order chi connectivity index (χ0) is 5.82. The van der Waals surface area contributed by atoms with Gasteiger partial charge in [0.2, 0.25) is 0 Å². The summed E-state index contributed by atoms with van der Waals surface area (Å²) in [5.41, 5.74) is 4.29. The van der Waals surface area contributed by atoms with E-state index in [0.29, 0.717) is 9.12 Å². The van der Waals surface area contributed by atoms with Crippen molar-refractivity contribution in [2.45, 2.75) is 0 Å². The van der Waals surface area contributed by atoms with Crippen LogP contribution >= 0.6 is 0 Å². The predicted octanol–water partition coefficient (Wildman–Crippen LogP) is 0.766. The molecule has 1 aromatic heterocycles. The molecule has 0 radical (unpaired) electrons. The largest absolute Gasteiger partial charge is 0.497 e. The van der Waals surface area contributed by atoms with Gasteiger partial charge in [-0.05, 0) is 11.7 Å². The quantitative estimate of drug-likeness (QED) is 0.502. The molecular weight excluding hydrogens is 116 g/mol. The Morgan fingerprint density at radius 2 is 2.50 bits per heavy atom. The van der Waals surface area contributed by atoms with Crippen LogP contribution in [0.2, 0.25) is 0 Å². The number of hydrogen-bond acceptors (Lipinski definition) is 1. The fraction of sp³-hybridized carbons (Fsp3) is 0.167. The highest BCUT2D eigenvalue weighted by Gasteiger charge is 1.80. The van der Waals surface area contributed by atoms with Crippen LogP contribution in [-0.4, -0.2) is 16.2 Å². The van der Waals surface area contributed by atoms with E-state index in [1.807, 2.05) is 12.1 Å². The fourth-order valence-electron chi connectivity index (χ4n) is 0.557. The fourth-order valence-corrected chi connectivity index (χ4v) is 1.34. The Bertz CT molecular complexity index is 150. The van der Waals surface area contributed by atoms with E-state index in [2.05, 4.69) is 11.4 Å². The van der Waals surface area contributed by atoms with Crippen LogP contribution in [0.15, 0.2) is 23.5 Å². The topological polar surface area (TPSA) is 9.23 Å². The molecule has 0 aliphatic carbocycles. The van der Waals surface area contributed by atoms with Crippen LogP contribution in [-0.2, 0) is 0 Å². The van der Waals surface area contributed by atoms with Crippen molar-refractivity contribution < 1.29 is 4.74 Å². The van der Waals surface area contributed by atoms with Gasteiger partial charge in [0.05, 0.1) is 7.11 Å². The normalized spacial score (nSPS) is 8.62. The third-order valence-corrected chi connectivity index (χ3v) is 1.94. The minimum atomic E-state index is 0.371. The van der Waals surface area contributed by atoms with E-state index in [0.717, 1.165) is 5.75 Å². The lowest BCUT2D eigenvalue weighted by Gasteiger charge is -1.93. The van der Waals surface area contributed by atoms with Crippen LogP contribution in [0.4, 0.5) is 0 Å². The SMILES string of the molecule is COc1ccc[siH]c1. The maximum absolute atomic E-state index is 4.97. The summed E-state index contributed by atoms with van der Waals surface area (Å²) in [6.45, 7) is 0. The second-order valence-electron chi connectivity index (χ2n) is 1.52. The maximum atomic E-state index is 4.97. The lowest BCUT2D eigenvalue weighted by molar-refractivity contribution is 0.416.